The third-order valence-corrected chi connectivity index (χ3v) is 12.5. The fraction of sp³-hybridized carbons (Fsp3) is 0. The van der Waals surface area contributed by atoms with Crippen molar-refractivity contribution < 1.29 is 4.42 Å². The molecule has 12 aromatic rings. The molecule has 0 N–H and O–H groups in total. The Hall–Kier alpha value is -6.74. The van der Waals surface area contributed by atoms with Crippen molar-refractivity contribution >= 4 is 96.5 Å². The van der Waals surface area contributed by atoms with E-state index in [0.717, 1.165) is 27.5 Å². The molecule has 0 atom stereocenters. The first-order chi connectivity index (χ1) is 26.8. The van der Waals surface area contributed by atoms with Crippen LogP contribution in [0.4, 0.5) is 0 Å². The van der Waals surface area contributed by atoms with Gasteiger partial charge in [0.05, 0.1) is 0 Å². The van der Waals surface area contributed by atoms with Crippen LogP contribution in [0, 0.1) is 0 Å². The minimum absolute atomic E-state index is 0.921. The first-order valence-corrected chi connectivity index (χ1v) is 19.3. The maximum Gasteiger partial charge on any atom is 0.143 e. The van der Waals surface area contributed by atoms with Gasteiger partial charge >= 0.3 is 0 Å². The number of hydrogen-bond acceptors (Lipinski definition) is 2. The van der Waals surface area contributed by atoms with Crippen LogP contribution in [0.5, 0.6) is 0 Å². The van der Waals surface area contributed by atoms with Crippen molar-refractivity contribution in [1.82, 2.24) is 0 Å². The first-order valence-electron chi connectivity index (χ1n) is 18.5. The first kappa shape index (κ1) is 29.8. The fourth-order valence-corrected chi connectivity index (χ4v) is 10.3. The van der Waals surface area contributed by atoms with Crippen LogP contribution < -0.4 is 0 Å². The van der Waals surface area contributed by atoms with E-state index in [1.165, 1.54) is 91.1 Å². The van der Waals surface area contributed by atoms with Crippen molar-refractivity contribution in [2.24, 2.45) is 0 Å². The Morgan fingerprint density at radius 3 is 1.52 bits per heavy atom. The Bertz CT molecular complexity index is 3450. The van der Waals surface area contributed by atoms with E-state index in [4.69, 9.17) is 4.42 Å². The van der Waals surface area contributed by atoms with Crippen molar-refractivity contribution in [3.05, 3.63) is 182 Å². The van der Waals surface area contributed by atoms with Gasteiger partial charge in [-0.15, -0.1) is 11.3 Å². The lowest BCUT2D eigenvalue weighted by atomic mass is 9.84. The topological polar surface area (TPSA) is 13.1 Å². The van der Waals surface area contributed by atoms with Gasteiger partial charge in [0.1, 0.15) is 11.2 Å². The molecule has 0 unspecified atom stereocenters. The van der Waals surface area contributed by atoms with E-state index in [1.807, 2.05) is 17.4 Å². The molecule has 0 aliphatic rings. The fourth-order valence-electron chi connectivity index (χ4n) is 9.07. The summed E-state index contributed by atoms with van der Waals surface area (Å²) in [6.07, 6.45) is 0. The summed E-state index contributed by atoms with van der Waals surface area (Å²) in [5, 5.41) is 14.9. The van der Waals surface area contributed by atoms with Gasteiger partial charge in [-0.3, -0.25) is 0 Å². The van der Waals surface area contributed by atoms with E-state index in [1.54, 1.807) is 0 Å². The van der Waals surface area contributed by atoms with Crippen LogP contribution in [-0.2, 0) is 0 Å². The van der Waals surface area contributed by atoms with Crippen LogP contribution in [0.1, 0.15) is 0 Å². The molecule has 0 amide bonds. The van der Waals surface area contributed by atoms with Gasteiger partial charge in [0.25, 0.3) is 0 Å². The molecule has 250 valence electrons. The number of para-hydroxylation sites is 1. The summed E-state index contributed by atoms with van der Waals surface area (Å²) in [4.78, 5) is 0. The van der Waals surface area contributed by atoms with Gasteiger partial charge in [-0.1, -0.05) is 158 Å². The van der Waals surface area contributed by atoms with Gasteiger partial charge in [-0.2, -0.15) is 0 Å². The zero-order valence-corrected chi connectivity index (χ0v) is 30.0. The summed E-state index contributed by atoms with van der Waals surface area (Å²) < 4.78 is 9.18. The highest BCUT2D eigenvalue weighted by Crippen LogP contribution is 2.48. The van der Waals surface area contributed by atoms with Gasteiger partial charge in [-0.05, 0) is 95.2 Å². The molecule has 0 spiro atoms. The molecule has 2 heteroatoms. The third-order valence-electron chi connectivity index (χ3n) is 11.4. The molecule has 0 bridgehead atoms. The monoisotopic (exact) mass is 702 g/mol. The summed E-state index contributed by atoms with van der Waals surface area (Å²) in [7, 11) is 0. The van der Waals surface area contributed by atoms with Crippen LogP contribution in [0.3, 0.4) is 0 Å². The van der Waals surface area contributed by atoms with Gasteiger partial charge in [0.15, 0.2) is 0 Å². The SMILES string of the molecule is c1ccc2c(-c3c4ccccc4c(-c4ccc5c(c4)sc4cc(-c6c7ccccc7cc7c6oc6ccccc67)ccc45)c4ccccc34)cccc2c1. The number of hydrogen-bond donors (Lipinski definition) is 0. The maximum absolute atomic E-state index is 6.61. The largest absolute Gasteiger partial charge is 0.455 e. The molecular formula is C52H30OS. The van der Waals surface area contributed by atoms with Crippen LogP contribution in [-0.4, -0.2) is 0 Å². The van der Waals surface area contributed by atoms with Crippen LogP contribution >= 0.6 is 11.3 Å². The second kappa shape index (κ2) is 11.4. The van der Waals surface area contributed by atoms with Gasteiger partial charge in [-0.25, -0.2) is 0 Å². The van der Waals surface area contributed by atoms with Crippen molar-refractivity contribution in [3.63, 3.8) is 0 Å². The number of thiophene rings is 1. The minimum Gasteiger partial charge on any atom is -0.455 e. The van der Waals surface area contributed by atoms with Gasteiger partial charge in [0.2, 0.25) is 0 Å². The lowest BCUT2D eigenvalue weighted by molar-refractivity contribution is 0.670. The molecular weight excluding hydrogens is 673 g/mol. The van der Waals surface area contributed by atoms with E-state index >= 15 is 0 Å². The average Bonchev–Trinajstić information content (AvgIpc) is 3.79. The molecule has 2 aromatic heterocycles. The second-order valence-corrected chi connectivity index (χ2v) is 15.4. The van der Waals surface area contributed by atoms with Crippen molar-refractivity contribution in [1.29, 1.82) is 0 Å². The molecule has 0 fully saturated rings. The Balaban J connectivity index is 1.08. The van der Waals surface area contributed by atoms with Crippen LogP contribution in [0.2, 0.25) is 0 Å². The summed E-state index contributed by atoms with van der Waals surface area (Å²) in [6.45, 7) is 0. The average molecular weight is 703 g/mol. The van der Waals surface area contributed by atoms with E-state index in [2.05, 4.69) is 176 Å². The highest BCUT2D eigenvalue weighted by atomic mass is 32.1. The Morgan fingerprint density at radius 1 is 0.315 bits per heavy atom. The van der Waals surface area contributed by atoms with Crippen molar-refractivity contribution in [2.45, 2.75) is 0 Å². The molecule has 54 heavy (non-hydrogen) atoms. The second-order valence-electron chi connectivity index (χ2n) is 14.3. The summed E-state index contributed by atoms with van der Waals surface area (Å²) in [5.41, 5.74) is 9.29. The highest BCUT2D eigenvalue weighted by molar-refractivity contribution is 7.25. The molecule has 1 nitrogen and oxygen atoms in total. The molecule has 0 saturated heterocycles. The summed E-state index contributed by atoms with van der Waals surface area (Å²) in [5.74, 6) is 0. The standard InChI is InChI=1S/C52H30OS/c1-3-15-35-31(12-1)14-11-22-40(35)51-43-20-7-5-18-41(43)49(42-19-6-8-21-44(42)51)33-24-26-38-39-27-25-34(30-48(39)54-47(38)29-33)50-36-16-4-2-13-32(36)28-45-37-17-9-10-23-46(37)53-52(45)50/h1-30H. The zero-order chi connectivity index (χ0) is 35.3. The lowest BCUT2D eigenvalue weighted by Gasteiger charge is -2.18. The van der Waals surface area contributed by atoms with E-state index in [-0.39, 0.29) is 0 Å². The number of benzene rings is 10. The highest BCUT2D eigenvalue weighted by Gasteiger charge is 2.20. The van der Waals surface area contributed by atoms with Crippen LogP contribution in [0.15, 0.2) is 186 Å². The molecule has 0 aliphatic heterocycles. The van der Waals surface area contributed by atoms with E-state index < -0.39 is 0 Å². The summed E-state index contributed by atoms with van der Waals surface area (Å²) in [6, 6.07) is 66.7. The normalized spacial score (nSPS) is 12.1. The number of fused-ring (bicyclic) bond motifs is 10. The van der Waals surface area contributed by atoms with Crippen molar-refractivity contribution in [2.75, 3.05) is 0 Å². The van der Waals surface area contributed by atoms with Gasteiger partial charge < -0.3 is 4.42 Å². The predicted octanol–water partition coefficient (Wildman–Crippen LogP) is 15.6. The third kappa shape index (κ3) is 4.26. The van der Waals surface area contributed by atoms with Gasteiger partial charge in [0, 0.05) is 36.5 Å². The Morgan fingerprint density at radius 2 is 0.833 bits per heavy atom. The molecule has 0 aliphatic carbocycles. The summed E-state index contributed by atoms with van der Waals surface area (Å²) >= 11 is 1.88. The molecule has 0 saturated carbocycles. The van der Waals surface area contributed by atoms with Crippen molar-refractivity contribution in [3.8, 4) is 33.4 Å². The lowest BCUT2D eigenvalue weighted by Crippen LogP contribution is -1.91. The van der Waals surface area contributed by atoms with Crippen LogP contribution in [0.25, 0.3) is 119 Å². The number of rotatable bonds is 3. The predicted molar refractivity (Wildman–Crippen MR) is 233 cm³/mol. The molecule has 2 heterocycles. The molecule has 0 radical (unpaired) electrons. The quantitative estimate of drug-likeness (QED) is 0.167. The number of furan rings is 1. The smallest absolute Gasteiger partial charge is 0.143 e. The molecule has 10 aromatic carbocycles. The minimum atomic E-state index is 0.921. The zero-order valence-electron chi connectivity index (χ0n) is 29.1. The van der Waals surface area contributed by atoms with E-state index in [0.29, 0.717) is 0 Å². The Labute approximate surface area is 314 Å². The van der Waals surface area contributed by atoms with E-state index in [9.17, 15) is 0 Å². The molecule has 12 rings (SSSR count). The Kier molecular flexibility index (Phi) is 6.28. The maximum atomic E-state index is 6.61.